The summed E-state index contributed by atoms with van der Waals surface area (Å²) >= 11 is 5.67. The second kappa shape index (κ2) is 9.09. The van der Waals surface area contributed by atoms with Crippen LogP contribution in [-0.4, -0.2) is 11.9 Å². The van der Waals surface area contributed by atoms with Crippen LogP contribution in [0.15, 0.2) is 81.9 Å². The lowest BCUT2D eigenvalue weighted by Gasteiger charge is -2.07. The van der Waals surface area contributed by atoms with Gasteiger partial charge >= 0.3 is 5.97 Å². The second-order valence-electron chi connectivity index (χ2n) is 6.46. The lowest BCUT2D eigenvalue weighted by atomic mass is 10.2. The first kappa shape index (κ1) is 20.7. The smallest absolute Gasteiger partial charge is 0.363 e. The van der Waals surface area contributed by atoms with Crippen molar-refractivity contribution in [2.75, 3.05) is 0 Å². The van der Waals surface area contributed by atoms with E-state index < -0.39 is 5.97 Å². The van der Waals surface area contributed by atoms with Gasteiger partial charge in [0.2, 0.25) is 5.90 Å². The molecular weight excluding hydrogens is 564 g/mol. The molecule has 3 aromatic rings. The van der Waals surface area contributed by atoms with E-state index in [1.54, 1.807) is 30.3 Å². The van der Waals surface area contributed by atoms with Gasteiger partial charge in [-0.25, -0.2) is 14.2 Å². The Balaban J connectivity index is 1.52. The van der Waals surface area contributed by atoms with Gasteiger partial charge in [-0.3, -0.25) is 0 Å². The fraction of sp³-hybridized carbons (Fsp3) is 0.0435. The molecule has 0 atom stereocenters. The van der Waals surface area contributed by atoms with Crippen molar-refractivity contribution < 1.29 is 18.7 Å². The third-order valence-corrected chi connectivity index (χ3v) is 6.58. The summed E-state index contributed by atoms with van der Waals surface area (Å²) in [5.41, 5.74) is 2.40. The summed E-state index contributed by atoms with van der Waals surface area (Å²) in [5, 5.41) is 0. The first-order chi connectivity index (χ1) is 14.5. The molecule has 1 heterocycles. The molecule has 0 saturated heterocycles. The van der Waals surface area contributed by atoms with E-state index in [0.29, 0.717) is 11.3 Å². The van der Waals surface area contributed by atoms with Crippen LogP contribution in [0.25, 0.3) is 6.08 Å². The summed E-state index contributed by atoms with van der Waals surface area (Å²) in [6.45, 7) is 0.240. The van der Waals surface area contributed by atoms with Crippen molar-refractivity contribution in [1.29, 1.82) is 0 Å². The number of hydrogen-bond acceptors (Lipinski definition) is 4. The van der Waals surface area contributed by atoms with Crippen LogP contribution in [0.1, 0.15) is 16.7 Å². The topological polar surface area (TPSA) is 47.9 Å². The quantitative estimate of drug-likeness (QED) is 0.209. The van der Waals surface area contributed by atoms with Crippen LogP contribution in [0.2, 0.25) is 0 Å². The van der Waals surface area contributed by atoms with Gasteiger partial charge in [0.05, 0.1) is 0 Å². The number of carbonyl (C=O) groups excluding carboxylic acids is 1. The normalized spacial score (nSPS) is 14.6. The average Bonchev–Trinajstić information content (AvgIpc) is 3.09. The van der Waals surface area contributed by atoms with Gasteiger partial charge in [-0.1, -0.05) is 24.3 Å². The maximum absolute atomic E-state index is 13.3. The predicted molar refractivity (Wildman–Crippen MR) is 125 cm³/mol. The zero-order valence-electron chi connectivity index (χ0n) is 15.4. The van der Waals surface area contributed by atoms with Gasteiger partial charge in [-0.15, -0.1) is 0 Å². The van der Waals surface area contributed by atoms with E-state index in [1.807, 2.05) is 30.3 Å². The van der Waals surface area contributed by atoms with E-state index in [2.05, 4.69) is 43.5 Å². The number of hydrogen-bond donors (Lipinski definition) is 0. The maximum Gasteiger partial charge on any atom is 0.363 e. The summed E-state index contributed by atoms with van der Waals surface area (Å²) < 4.78 is 26.3. The number of cyclic esters (lactones) is 1. The Labute approximate surface area is 194 Å². The van der Waals surface area contributed by atoms with Crippen molar-refractivity contribution in [1.82, 2.24) is 0 Å². The van der Waals surface area contributed by atoms with Gasteiger partial charge in [0.15, 0.2) is 5.70 Å². The molecule has 0 amide bonds. The molecule has 7 heteroatoms. The van der Waals surface area contributed by atoms with Gasteiger partial charge in [-0.05, 0) is 98.2 Å². The Bertz CT molecular complexity index is 1190. The summed E-state index contributed by atoms with van der Waals surface area (Å²) in [7, 11) is 0. The number of carbonyl (C=O) groups is 1. The Hall–Kier alpha value is -2.52. The number of ether oxygens (including phenoxy) is 2. The molecule has 0 unspecified atom stereocenters. The van der Waals surface area contributed by atoms with E-state index >= 15 is 0 Å². The Kier molecular flexibility index (Phi) is 6.29. The van der Waals surface area contributed by atoms with E-state index in [9.17, 15) is 9.18 Å². The molecule has 0 N–H and O–H groups in total. The molecule has 0 radical (unpaired) electrons. The molecule has 0 aliphatic carbocycles. The van der Waals surface area contributed by atoms with Gasteiger partial charge in [-0.2, -0.15) is 0 Å². The molecule has 150 valence electrons. The molecule has 0 saturated carbocycles. The molecule has 0 aromatic heterocycles. The number of nitrogens with zero attached hydrogens (tertiary/aromatic N) is 1. The maximum atomic E-state index is 13.3. The highest BCUT2D eigenvalue weighted by atomic mass is 127. The van der Waals surface area contributed by atoms with Crippen LogP contribution in [0, 0.1) is 9.39 Å². The first-order valence-corrected chi connectivity index (χ1v) is 10.8. The predicted octanol–water partition coefficient (Wildman–Crippen LogP) is 6.12. The highest BCUT2D eigenvalue weighted by Gasteiger charge is 2.24. The van der Waals surface area contributed by atoms with E-state index in [4.69, 9.17) is 9.47 Å². The minimum Gasteiger partial charge on any atom is -0.489 e. The van der Waals surface area contributed by atoms with Crippen LogP contribution >= 0.6 is 38.5 Å². The second-order valence-corrected chi connectivity index (χ2v) is 8.47. The summed E-state index contributed by atoms with van der Waals surface area (Å²) in [5.74, 6) is 0.0570. The first-order valence-electron chi connectivity index (χ1n) is 8.93. The van der Waals surface area contributed by atoms with E-state index in [-0.39, 0.29) is 24.0 Å². The number of benzene rings is 3. The van der Waals surface area contributed by atoms with Crippen LogP contribution in [0.4, 0.5) is 4.39 Å². The Morgan fingerprint density at radius 3 is 2.73 bits per heavy atom. The zero-order chi connectivity index (χ0) is 21.1. The summed E-state index contributed by atoms with van der Waals surface area (Å²) in [6.07, 6.45) is 1.64. The summed E-state index contributed by atoms with van der Waals surface area (Å²) in [6, 6.07) is 19.1. The van der Waals surface area contributed by atoms with Gasteiger partial charge in [0.1, 0.15) is 18.2 Å². The van der Waals surface area contributed by atoms with Crippen molar-refractivity contribution >= 4 is 56.5 Å². The number of halogens is 3. The Morgan fingerprint density at radius 1 is 1.10 bits per heavy atom. The Morgan fingerprint density at radius 2 is 1.93 bits per heavy atom. The van der Waals surface area contributed by atoms with Gasteiger partial charge in [0.25, 0.3) is 0 Å². The molecule has 1 aliphatic heterocycles. The standard InChI is InChI=1S/C23H14BrFINO3/c24-19-12-16(7-8-20(19)26)22-27-21(23(28)30-22)11-14-3-2-6-18(10-14)29-13-15-4-1-5-17(25)9-15/h1-12H,13H2/b21-11-. The lowest BCUT2D eigenvalue weighted by molar-refractivity contribution is -0.129. The van der Waals surface area contributed by atoms with Crippen LogP contribution < -0.4 is 4.74 Å². The number of rotatable bonds is 5. The molecule has 1 aliphatic rings. The molecule has 3 aromatic carbocycles. The fourth-order valence-electron chi connectivity index (χ4n) is 2.81. The SMILES string of the molecule is O=C1OC(c2ccc(I)c(Br)c2)=N/C1=C\c1cccc(OCc2cccc(F)c2)c1. The van der Waals surface area contributed by atoms with Crippen molar-refractivity contribution in [3.8, 4) is 5.75 Å². The number of aliphatic imine (C=N–C) groups is 1. The highest BCUT2D eigenvalue weighted by molar-refractivity contribution is 14.1. The van der Waals surface area contributed by atoms with Crippen LogP contribution in [-0.2, 0) is 16.1 Å². The minimum atomic E-state index is -0.509. The minimum absolute atomic E-state index is 0.210. The van der Waals surface area contributed by atoms with E-state index in [1.165, 1.54) is 12.1 Å². The number of esters is 1. The molecular formula is C23H14BrFINO3. The van der Waals surface area contributed by atoms with Crippen LogP contribution in [0.3, 0.4) is 0 Å². The van der Waals surface area contributed by atoms with Crippen molar-refractivity contribution in [3.05, 3.63) is 103 Å². The monoisotopic (exact) mass is 577 g/mol. The highest BCUT2D eigenvalue weighted by Crippen LogP contribution is 2.25. The molecule has 0 bridgehead atoms. The van der Waals surface area contributed by atoms with Crippen molar-refractivity contribution in [2.24, 2.45) is 4.99 Å². The fourth-order valence-corrected chi connectivity index (χ4v) is 3.52. The lowest BCUT2D eigenvalue weighted by Crippen LogP contribution is -2.05. The molecule has 0 spiro atoms. The third kappa shape index (κ3) is 4.96. The van der Waals surface area contributed by atoms with Crippen molar-refractivity contribution in [3.63, 3.8) is 0 Å². The molecule has 4 nitrogen and oxygen atoms in total. The van der Waals surface area contributed by atoms with Crippen molar-refractivity contribution in [2.45, 2.75) is 6.61 Å². The zero-order valence-corrected chi connectivity index (χ0v) is 19.2. The van der Waals surface area contributed by atoms with E-state index in [0.717, 1.165) is 19.2 Å². The average molecular weight is 578 g/mol. The molecule has 0 fully saturated rings. The molecule has 30 heavy (non-hydrogen) atoms. The third-order valence-electron chi connectivity index (χ3n) is 4.24. The molecule has 4 rings (SSSR count). The van der Waals surface area contributed by atoms with Crippen LogP contribution in [0.5, 0.6) is 5.75 Å². The summed E-state index contributed by atoms with van der Waals surface area (Å²) in [4.78, 5) is 16.6. The largest absolute Gasteiger partial charge is 0.489 e. The van der Waals surface area contributed by atoms with Gasteiger partial charge < -0.3 is 9.47 Å². The van der Waals surface area contributed by atoms with Gasteiger partial charge in [0, 0.05) is 13.6 Å².